The van der Waals surface area contributed by atoms with E-state index < -0.39 is 5.97 Å². The van der Waals surface area contributed by atoms with Crippen molar-refractivity contribution in [2.75, 3.05) is 19.7 Å². The Bertz CT molecular complexity index is 857. The molecule has 2 aromatic carbocycles. The van der Waals surface area contributed by atoms with Crippen molar-refractivity contribution >= 4 is 23.5 Å². The molecule has 0 saturated carbocycles. The van der Waals surface area contributed by atoms with Gasteiger partial charge in [-0.1, -0.05) is 48.5 Å². The molecule has 0 fully saturated rings. The summed E-state index contributed by atoms with van der Waals surface area (Å²) >= 11 is 0. The maximum atomic E-state index is 12.8. The number of hydrogen-bond donors (Lipinski definition) is 0. The fourth-order valence-electron chi connectivity index (χ4n) is 2.82. The van der Waals surface area contributed by atoms with Crippen molar-refractivity contribution in [2.45, 2.75) is 6.42 Å². The SMILES string of the molecule is O=C(/C=C/c1ccc(F)cc1)OCC(=O)N1CC=C(c2ccccc2)CC1. The Morgan fingerprint density at radius 2 is 1.81 bits per heavy atom. The van der Waals surface area contributed by atoms with E-state index in [0.717, 1.165) is 6.42 Å². The van der Waals surface area contributed by atoms with Crippen LogP contribution in [0.1, 0.15) is 17.5 Å². The zero-order valence-corrected chi connectivity index (χ0v) is 14.8. The van der Waals surface area contributed by atoms with Crippen molar-refractivity contribution < 1.29 is 18.7 Å². The Balaban J connectivity index is 1.46. The molecule has 1 aliphatic rings. The molecule has 138 valence electrons. The Labute approximate surface area is 157 Å². The summed E-state index contributed by atoms with van der Waals surface area (Å²) in [4.78, 5) is 25.6. The molecule has 27 heavy (non-hydrogen) atoms. The molecule has 0 N–H and O–H groups in total. The number of carbonyl (C=O) groups excluding carboxylic acids is 2. The number of benzene rings is 2. The van der Waals surface area contributed by atoms with E-state index in [2.05, 4.69) is 12.1 Å². The quantitative estimate of drug-likeness (QED) is 0.600. The summed E-state index contributed by atoms with van der Waals surface area (Å²) in [5.41, 5.74) is 3.06. The third-order valence-corrected chi connectivity index (χ3v) is 4.33. The minimum atomic E-state index is -0.606. The average Bonchev–Trinajstić information content (AvgIpc) is 2.72. The second kappa shape index (κ2) is 8.94. The van der Waals surface area contributed by atoms with Crippen LogP contribution in [0.4, 0.5) is 4.39 Å². The first-order valence-corrected chi connectivity index (χ1v) is 8.74. The molecule has 1 amide bonds. The summed E-state index contributed by atoms with van der Waals surface area (Å²) in [6, 6.07) is 15.8. The molecule has 0 aliphatic carbocycles. The lowest BCUT2D eigenvalue weighted by Gasteiger charge is -2.26. The van der Waals surface area contributed by atoms with E-state index in [1.165, 1.54) is 35.4 Å². The lowest BCUT2D eigenvalue weighted by Crippen LogP contribution is -2.37. The van der Waals surface area contributed by atoms with Crippen molar-refractivity contribution in [3.63, 3.8) is 0 Å². The molecule has 4 nitrogen and oxygen atoms in total. The van der Waals surface area contributed by atoms with Gasteiger partial charge in [0.2, 0.25) is 0 Å². The number of nitrogens with zero attached hydrogens (tertiary/aromatic N) is 1. The highest BCUT2D eigenvalue weighted by molar-refractivity contribution is 5.89. The van der Waals surface area contributed by atoms with Crippen LogP contribution in [0, 0.1) is 5.82 Å². The maximum absolute atomic E-state index is 12.8. The third-order valence-electron chi connectivity index (χ3n) is 4.33. The minimum absolute atomic E-state index is 0.220. The number of esters is 1. The normalized spacial score (nSPS) is 14.1. The van der Waals surface area contributed by atoms with Gasteiger partial charge in [0.05, 0.1) is 0 Å². The van der Waals surface area contributed by atoms with E-state index in [1.54, 1.807) is 17.0 Å². The van der Waals surface area contributed by atoms with Gasteiger partial charge in [0.15, 0.2) is 6.61 Å². The predicted molar refractivity (Wildman–Crippen MR) is 102 cm³/mol. The molecule has 0 saturated heterocycles. The van der Waals surface area contributed by atoms with Crippen molar-refractivity contribution in [3.8, 4) is 0 Å². The largest absolute Gasteiger partial charge is 0.452 e. The van der Waals surface area contributed by atoms with E-state index in [1.807, 2.05) is 24.3 Å². The predicted octanol–water partition coefficient (Wildman–Crippen LogP) is 3.70. The van der Waals surface area contributed by atoms with Crippen molar-refractivity contribution in [2.24, 2.45) is 0 Å². The van der Waals surface area contributed by atoms with Crippen molar-refractivity contribution in [1.82, 2.24) is 4.90 Å². The Kier molecular flexibility index (Phi) is 6.15. The van der Waals surface area contributed by atoms with Crippen LogP contribution in [-0.4, -0.2) is 36.5 Å². The Morgan fingerprint density at radius 3 is 2.48 bits per heavy atom. The summed E-state index contributed by atoms with van der Waals surface area (Å²) in [6.07, 6.45) is 5.55. The fraction of sp³-hybridized carbons (Fsp3) is 0.182. The molecule has 0 atom stereocenters. The van der Waals surface area contributed by atoms with Crippen LogP contribution in [0.25, 0.3) is 11.6 Å². The standard InChI is InChI=1S/C22H20FNO3/c23-20-9-6-17(7-10-20)8-11-22(26)27-16-21(25)24-14-12-19(13-15-24)18-4-2-1-3-5-18/h1-12H,13-16H2/b11-8+. The summed E-state index contributed by atoms with van der Waals surface area (Å²) in [5.74, 6) is -1.17. The van der Waals surface area contributed by atoms with Gasteiger partial charge in [0.25, 0.3) is 5.91 Å². The first kappa shape index (κ1) is 18.6. The molecular formula is C22H20FNO3. The molecule has 3 rings (SSSR count). The van der Waals surface area contributed by atoms with Gasteiger partial charge in [0.1, 0.15) is 5.82 Å². The molecular weight excluding hydrogens is 345 g/mol. The minimum Gasteiger partial charge on any atom is -0.452 e. The van der Waals surface area contributed by atoms with Crippen LogP contribution < -0.4 is 0 Å². The van der Waals surface area contributed by atoms with E-state index in [0.29, 0.717) is 18.7 Å². The molecule has 1 heterocycles. The number of hydrogen-bond acceptors (Lipinski definition) is 3. The fourth-order valence-corrected chi connectivity index (χ4v) is 2.82. The van der Waals surface area contributed by atoms with Gasteiger partial charge in [-0.05, 0) is 41.3 Å². The topological polar surface area (TPSA) is 46.6 Å². The van der Waals surface area contributed by atoms with E-state index in [-0.39, 0.29) is 18.3 Å². The van der Waals surface area contributed by atoms with Gasteiger partial charge in [-0.3, -0.25) is 4.79 Å². The molecule has 0 radical (unpaired) electrons. The van der Waals surface area contributed by atoms with Gasteiger partial charge in [-0.15, -0.1) is 0 Å². The number of halogens is 1. The first-order chi connectivity index (χ1) is 13.1. The van der Waals surface area contributed by atoms with E-state index in [9.17, 15) is 14.0 Å². The molecule has 0 bridgehead atoms. The number of amides is 1. The van der Waals surface area contributed by atoms with Crippen LogP contribution in [0.3, 0.4) is 0 Å². The third kappa shape index (κ3) is 5.38. The van der Waals surface area contributed by atoms with Crippen LogP contribution >= 0.6 is 0 Å². The van der Waals surface area contributed by atoms with Crippen LogP contribution in [-0.2, 0) is 14.3 Å². The van der Waals surface area contributed by atoms with Gasteiger partial charge in [-0.25, -0.2) is 9.18 Å². The summed E-state index contributed by atoms with van der Waals surface area (Å²) in [6.45, 7) is 0.815. The number of rotatable bonds is 5. The maximum Gasteiger partial charge on any atom is 0.331 e. The van der Waals surface area contributed by atoms with Crippen molar-refractivity contribution in [3.05, 3.63) is 83.7 Å². The van der Waals surface area contributed by atoms with Gasteiger partial charge in [-0.2, -0.15) is 0 Å². The summed E-state index contributed by atoms with van der Waals surface area (Å²) in [7, 11) is 0. The highest BCUT2D eigenvalue weighted by atomic mass is 19.1. The van der Waals surface area contributed by atoms with Crippen LogP contribution in [0.15, 0.2) is 66.7 Å². The summed E-state index contributed by atoms with van der Waals surface area (Å²) < 4.78 is 17.8. The molecule has 0 unspecified atom stereocenters. The Morgan fingerprint density at radius 1 is 1.07 bits per heavy atom. The molecule has 0 aromatic heterocycles. The summed E-state index contributed by atoms with van der Waals surface area (Å²) in [5, 5.41) is 0. The second-order valence-electron chi connectivity index (χ2n) is 6.18. The zero-order chi connectivity index (χ0) is 19.1. The highest BCUT2D eigenvalue weighted by Crippen LogP contribution is 2.21. The smallest absolute Gasteiger partial charge is 0.331 e. The van der Waals surface area contributed by atoms with Crippen LogP contribution in [0.2, 0.25) is 0 Å². The first-order valence-electron chi connectivity index (χ1n) is 8.74. The second-order valence-corrected chi connectivity index (χ2v) is 6.18. The van der Waals surface area contributed by atoms with Crippen LogP contribution in [0.5, 0.6) is 0 Å². The molecule has 2 aromatic rings. The monoisotopic (exact) mass is 365 g/mol. The van der Waals surface area contributed by atoms with Crippen molar-refractivity contribution in [1.29, 1.82) is 0 Å². The lowest BCUT2D eigenvalue weighted by molar-refractivity contribution is -0.147. The highest BCUT2D eigenvalue weighted by Gasteiger charge is 2.18. The van der Waals surface area contributed by atoms with Gasteiger partial charge < -0.3 is 9.64 Å². The molecule has 1 aliphatic heterocycles. The van der Waals surface area contributed by atoms with Gasteiger partial charge >= 0.3 is 5.97 Å². The lowest BCUT2D eigenvalue weighted by atomic mass is 10.00. The van der Waals surface area contributed by atoms with E-state index >= 15 is 0 Å². The number of carbonyl (C=O) groups is 2. The van der Waals surface area contributed by atoms with E-state index in [4.69, 9.17) is 4.74 Å². The number of ether oxygens (including phenoxy) is 1. The zero-order valence-electron chi connectivity index (χ0n) is 14.8. The average molecular weight is 365 g/mol. The Hall–Kier alpha value is -3.21. The molecule has 5 heteroatoms. The molecule has 0 spiro atoms. The van der Waals surface area contributed by atoms with Gasteiger partial charge in [0, 0.05) is 19.2 Å².